The van der Waals surface area contributed by atoms with Gasteiger partial charge >= 0.3 is 0 Å². The summed E-state index contributed by atoms with van der Waals surface area (Å²) in [5.41, 5.74) is 3.00. The van der Waals surface area contributed by atoms with E-state index in [1.807, 2.05) is 42.5 Å². The van der Waals surface area contributed by atoms with Crippen LogP contribution in [0.3, 0.4) is 0 Å². The quantitative estimate of drug-likeness (QED) is 0.759. The van der Waals surface area contributed by atoms with Gasteiger partial charge in [-0.25, -0.2) is 0 Å². The van der Waals surface area contributed by atoms with Crippen LogP contribution in [-0.2, 0) is 11.2 Å². The van der Waals surface area contributed by atoms with Gasteiger partial charge in [-0.05, 0) is 42.3 Å². The van der Waals surface area contributed by atoms with Crippen LogP contribution < -0.4 is 15.0 Å². The molecule has 2 N–H and O–H groups in total. The van der Waals surface area contributed by atoms with Crippen LogP contribution in [0.15, 0.2) is 42.5 Å². The molecule has 1 atom stereocenters. The van der Waals surface area contributed by atoms with E-state index in [0.717, 1.165) is 60.3 Å². The number of halogens is 1. The fraction of sp³-hybridized carbons (Fsp3) is 0.409. The summed E-state index contributed by atoms with van der Waals surface area (Å²) in [6.45, 7) is 4.34. The second kappa shape index (κ2) is 9.03. The number of amides is 1. The van der Waals surface area contributed by atoms with Gasteiger partial charge in [-0.2, -0.15) is 0 Å². The Morgan fingerprint density at radius 2 is 1.90 bits per heavy atom. The van der Waals surface area contributed by atoms with Crippen molar-refractivity contribution in [3.63, 3.8) is 0 Å². The summed E-state index contributed by atoms with van der Waals surface area (Å²) >= 11 is 6.30. The van der Waals surface area contributed by atoms with Crippen molar-refractivity contribution in [2.24, 2.45) is 0 Å². The number of hydrogen-bond acceptors (Lipinski definition) is 5. The molecule has 0 spiro atoms. The molecule has 29 heavy (non-hydrogen) atoms. The number of piperazine rings is 1. The molecule has 0 bridgehead atoms. The number of nitrogens with one attached hydrogen (secondary N) is 1. The van der Waals surface area contributed by atoms with Crippen LogP contribution in [0.25, 0.3) is 0 Å². The van der Waals surface area contributed by atoms with Gasteiger partial charge in [-0.1, -0.05) is 23.7 Å². The molecule has 2 heterocycles. The maximum atomic E-state index is 11.4. The van der Waals surface area contributed by atoms with Crippen LogP contribution in [0.5, 0.6) is 5.75 Å². The van der Waals surface area contributed by atoms with Crippen molar-refractivity contribution in [3.05, 3.63) is 53.1 Å². The molecule has 1 fully saturated rings. The van der Waals surface area contributed by atoms with E-state index < -0.39 is 6.10 Å². The Kier molecular flexibility index (Phi) is 6.23. The lowest BCUT2D eigenvalue weighted by atomic mass is 10.0. The summed E-state index contributed by atoms with van der Waals surface area (Å²) in [5.74, 6) is 0.777. The fourth-order valence-corrected chi connectivity index (χ4v) is 4.13. The second-order valence-corrected chi connectivity index (χ2v) is 7.98. The van der Waals surface area contributed by atoms with Gasteiger partial charge in [0.05, 0.1) is 10.7 Å². The number of aliphatic hydroxyl groups excluding tert-OH is 1. The highest BCUT2D eigenvalue weighted by atomic mass is 35.5. The lowest BCUT2D eigenvalue weighted by Gasteiger charge is -2.37. The zero-order chi connectivity index (χ0) is 20.2. The standard InChI is InChI=1S/C22H26ClN3O3/c23-19-3-1-2-4-21(19)26-11-9-25(10-12-26)14-17(27)15-29-18-6-7-20-16(13-18)5-8-22(28)24-20/h1-4,6-7,13,17,27H,5,8-12,14-15H2,(H,24,28). The van der Waals surface area contributed by atoms with E-state index in [-0.39, 0.29) is 12.5 Å². The minimum Gasteiger partial charge on any atom is -0.491 e. The zero-order valence-corrected chi connectivity index (χ0v) is 17.1. The third-order valence-corrected chi connectivity index (χ3v) is 5.77. The van der Waals surface area contributed by atoms with Crippen molar-refractivity contribution < 1.29 is 14.6 Å². The smallest absolute Gasteiger partial charge is 0.224 e. The number of ether oxygens (including phenoxy) is 1. The van der Waals surface area contributed by atoms with Crippen LogP contribution >= 0.6 is 11.6 Å². The summed E-state index contributed by atoms with van der Waals surface area (Å²) < 4.78 is 5.79. The number of hydrogen-bond donors (Lipinski definition) is 2. The summed E-state index contributed by atoms with van der Waals surface area (Å²) in [5, 5.41) is 14.0. The van der Waals surface area contributed by atoms with E-state index in [2.05, 4.69) is 15.1 Å². The largest absolute Gasteiger partial charge is 0.491 e. The van der Waals surface area contributed by atoms with Gasteiger partial charge in [0.15, 0.2) is 0 Å². The van der Waals surface area contributed by atoms with Crippen molar-refractivity contribution >= 4 is 28.9 Å². The number of β-amino-alcohol motifs (C(OH)–C–C–N with tert-alkyl or cyclic N) is 1. The Morgan fingerprint density at radius 3 is 2.69 bits per heavy atom. The van der Waals surface area contributed by atoms with Gasteiger partial charge in [0.2, 0.25) is 5.91 Å². The van der Waals surface area contributed by atoms with E-state index in [4.69, 9.17) is 16.3 Å². The van der Waals surface area contributed by atoms with Crippen molar-refractivity contribution in [2.45, 2.75) is 18.9 Å². The molecule has 2 aromatic carbocycles. The molecule has 0 aromatic heterocycles. The highest BCUT2D eigenvalue weighted by Gasteiger charge is 2.21. The number of nitrogens with zero attached hydrogens (tertiary/aromatic N) is 2. The third-order valence-electron chi connectivity index (χ3n) is 5.45. The molecule has 4 rings (SSSR count). The summed E-state index contributed by atoms with van der Waals surface area (Å²) in [4.78, 5) is 16.0. The molecule has 154 valence electrons. The zero-order valence-electron chi connectivity index (χ0n) is 16.3. The van der Waals surface area contributed by atoms with Crippen molar-refractivity contribution in [1.29, 1.82) is 0 Å². The minimum atomic E-state index is -0.558. The summed E-state index contributed by atoms with van der Waals surface area (Å²) in [7, 11) is 0. The Bertz CT molecular complexity index is 868. The number of para-hydroxylation sites is 1. The third kappa shape index (κ3) is 5.01. The van der Waals surface area contributed by atoms with Crippen molar-refractivity contribution in [3.8, 4) is 5.75 Å². The number of fused-ring (bicyclic) bond motifs is 1. The molecule has 1 saturated heterocycles. The second-order valence-electron chi connectivity index (χ2n) is 7.57. The van der Waals surface area contributed by atoms with Crippen LogP contribution in [0.4, 0.5) is 11.4 Å². The number of carbonyl (C=O) groups excluding carboxylic acids is 1. The van der Waals surface area contributed by atoms with Gasteiger partial charge in [0.1, 0.15) is 18.5 Å². The number of benzene rings is 2. The molecule has 7 heteroatoms. The van der Waals surface area contributed by atoms with E-state index in [1.165, 1.54) is 0 Å². The molecule has 2 aliphatic rings. The van der Waals surface area contributed by atoms with Crippen LogP contribution in [0, 0.1) is 0 Å². The molecular weight excluding hydrogens is 390 g/mol. The van der Waals surface area contributed by atoms with Crippen LogP contribution in [0.1, 0.15) is 12.0 Å². The molecule has 2 aromatic rings. The molecular formula is C22H26ClN3O3. The maximum Gasteiger partial charge on any atom is 0.224 e. The van der Waals surface area contributed by atoms with E-state index in [1.54, 1.807) is 0 Å². The average molecular weight is 416 g/mol. The van der Waals surface area contributed by atoms with Gasteiger partial charge in [0, 0.05) is 44.8 Å². The normalized spacial score (nSPS) is 18.1. The summed E-state index contributed by atoms with van der Waals surface area (Å²) in [6.07, 6.45) is 0.660. The van der Waals surface area contributed by atoms with E-state index >= 15 is 0 Å². The van der Waals surface area contributed by atoms with Crippen molar-refractivity contribution in [1.82, 2.24) is 4.90 Å². The first kappa shape index (κ1) is 20.0. The number of rotatable bonds is 6. The molecule has 0 radical (unpaired) electrons. The Hall–Kier alpha value is -2.28. The predicted octanol–water partition coefficient (Wildman–Crippen LogP) is 2.79. The van der Waals surface area contributed by atoms with E-state index in [9.17, 15) is 9.90 Å². The first-order valence-corrected chi connectivity index (χ1v) is 10.4. The van der Waals surface area contributed by atoms with Gasteiger partial charge < -0.3 is 20.1 Å². The van der Waals surface area contributed by atoms with Gasteiger partial charge in [-0.15, -0.1) is 0 Å². The van der Waals surface area contributed by atoms with Crippen molar-refractivity contribution in [2.75, 3.05) is 49.5 Å². The number of carbonyl (C=O) groups is 1. The molecule has 0 saturated carbocycles. The number of aryl methyl sites for hydroxylation is 1. The highest BCUT2D eigenvalue weighted by molar-refractivity contribution is 6.33. The molecule has 1 unspecified atom stereocenters. The Balaban J connectivity index is 1.23. The average Bonchev–Trinajstić information content (AvgIpc) is 2.73. The lowest BCUT2D eigenvalue weighted by Crippen LogP contribution is -2.49. The van der Waals surface area contributed by atoms with Crippen LogP contribution in [-0.4, -0.2) is 61.3 Å². The summed E-state index contributed by atoms with van der Waals surface area (Å²) in [6, 6.07) is 13.6. The first-order valence-electron chi connectivity index (χ1n) is 10.0. The SMILES string of the molecule is O=C1CCc2cc(OCC(O)CN3CCN(c4ccccc4Cl)CC3)ccc2N1. The fourth-order valence-electron chi connectivity index (χ4n) is 3.87. The molecule has 6 nitrogen and oxygen atoms in total. The highest BCUT2D eigenvalue weighted by Crippen LogP contribution is 2.27. The predicted molar refractivity (Wildman–Crippen MR) is 115 cm³/mol. The molecule has 0 aliphatic carbocycles. The monoisotopic (exact) mass is 415 g/mol. The first-order chi connectivity index (χ1) is 14.1. The molecule has 1 amide bonds. The van der Waals surface area contributed by atoms with E-state index in [0.29, 0.717) is 13.0 Å². The maximum absolute atomic E-state index is 11.4. The topological polar surface area (TPSA) is 65.0 Å². The Labute approximate surface area is 176 Å². The van der Waals surface area contributed by atoms with Gasteiger partial charge in [0.25, 0.3) is 0 Å². The lowest BCUT2D eigenvalue weighted by molar-refractivity contribution is -0.116. The number of aliphatic hydroxyl groups is 1. The minimum absolute atomic E-state index is 0.0521. The van der Waals surface area contributed by atoms with Gasteiger partial charge in [-0.3, -0.25) is 9.69 Å². The number of anilines is 2. The Morgan fingerprint density at radius 1 is 1.10 bits per heavy atom. The molecule has 2 aliphatic heterocycles. The van der Waals surface area contributed by atoms with Crippen LogP contribution in [0.2, 0.25) is 5.02 Å².